The van der Waals surface area contributed by atoms with E-state index in [-0.39, 0.29) is 0 Å². The molecule has 1 unspecified atom stereocenters. The Balaban J connectivity index is 2.80. The number of nitrogens with one attached hydrogen (secondary N) is 1. The van der Waals surface area contributed by atoms with Crippen molar-refractivity contribution in [2.45, 2.75) is 6.04 Å². The quantitative estimate of drug-likeness (QED) is 0.418. The molecule has 0 fully saturated rings. The maximum Gasteiger partial charge on any atom is 0.328 e. The summed E-state index contributed by atoms with van der Waals surface area (Å²) in [5, 5.41) is 37.6. The molecule has 98 valence electrons. The Morgan fingerprint density at radius 1 is 1.28 bits per heavy atom. The highest BCUT2D eigenvalue weighted by molar-refractivity contribution is 6.07. The molecule has 1 aliphatic rings. The van der Waals surface area contributed by atoms with Crippen molar-refractivity contribution in [1.82, 2.24) is 5.32 Å². The average molecular weight is 257 g/mol. The lowest BCUT2D eigenvalue weighted by molar-refractivity contribution is -0.143. The molecule has 8 nitrogen and oxygen atoms in total. The molecular formula is C10H11NO7. The molecule has 0 heterocycles. The van der Waals surface area contributed by atoms with Gasteiger partial charge >= 0.3 is 5.97 Å². The van der Waals surface area contributed by atoms with Crippen LogP contribution in [-0.4, -0.2) is 50.7 Å². The fraction of sp³-hybridized carbons (Fsp3) is 0.300. The third kappa shape index (κ3) is 2.86. The fourth-order valence-corrected chi connectivity index (χ4v) is 1.28. The van der Waals surface area contributed by atoms with E-state index in [0.29, 0.717) is 0 Å². The maximum absolute atomic E-state index is 11.6. The van der Waals surface area contributed by atoms with Crippen molar-refractivity contribution in [3.8, 4) is 0 Å². The summed E-state index contributed by atoms with van der Waals surface area (Å²) in [6.45, 7) is -0.807. The second-order valence-electron chi connectivity index (χ2n) is 3.54. The van der Waals surface area contributed by atoms with Crippen molar-refractivity contribution in [2.24, 2.45) is 5.92 Å². The van der Waals surface area contributed by atoms with E-state index in [1.165, 1.54) is 0 Å². The van der Waals surface area contributed by atoms with E-state index in [1.807, 2.05) is 5.32 Å². The summed E-state index contributed by atoms with van der Waals surface area (Å²) in [5.41, 5.74) is 0. The SMILES string of the molecule is O=C1C(O)=CC(C(=O)NC(CO)C(=O)O)C=C1O. The van der Waals surface area contributed by atoms with Gasteiger partial charge in [-0.3, -0.25) is 9.59 Å². The van der Waals surface area contributed by atoms with Gasteiger partial charge in [-0.25, -0.2) is 4.79 Å². The molecule has 1 amide bonds. The van der Waals surface area contributed by atoms with Crippen LogP contribution in [-0.2, 0) is 14.4 Å². The lowest BCUT2D eigenvalue weighted by Gasteiger charge is -2.17. The Morgan fingerprint density at radius 2 is 1.78 bits per heavy atom. The van der Waals surface area contributed by atoms with E-state index in [0.717, 1.165) is 12.2 Å². The van der Waals surface area contributed by atoms with E-state index >= 15 is 0 Å². The first-order chi connectivity index (χ1) is 8.36. The van der Waals surface area contributed by atoms with Gasteiger partial charge in [-0.1, -0.05) is 0 Å². The Kier molecular flexibility index (Phi) is 4.05. The molecule has 0 aromatic carbocycles. The van der Waals surface area contributed by atoms with Crippen LogP contribution < -0.4 is 5.32 Å². The minimum atomic E-state index is -1.50. The Bertz CT molecular complexity index is 429. The van der Waals surface area contributed by atoms with Crippen molar-refractivity contribution in [3.63, 3.8) is 0 Å². The number of rotatable bonds is 4. The van der Waals surface area contributed by atoms with E-state index < -0.39 is 47.7 Å². The second-order valence-corrected chi connectivity index (χ2v) is 3.54. The van der Waals surface area contributed by atoms with Crippen LogP contribution in [0.4, 0.5) is 0 Å². The number of hydrogen-bond acceptors (Lipinski definition) is 6. The van der Waals surface area contributed by atoms with Gasteiger partial charge in [-0.05, 0) is 12.2 Å². The second kappa shape index (κ2) is 5.32. The first-order valence-corrected chi connectivity index (χ1v) is 4.87. The number of hydrogen-bond donors (Lipinski definition) is 5. The standard InChI is InChI=1S/C10H11NO7/c12-3-5(10(17)18)11-9(16)4-1-6(13)8(15)7(14)2-4/h1-2,4-5,12-14H,3H2,(H,11,16)(H,17,18). The zero-order chi connectivity index (χ0) is 13.9. The van der Waals surface area contributed by atoms with Crippen LogP contribution in [0.3, 0.4) is 0 Å². The summed E-state index contributed by atoms with van der Waals surface area (Å²) in [6, 6.07) is -1.50. The number of Topliss-reactive ketones (excluding diaryl/α,β-unsaturated/α-hetero) is 1. The van der Waals surface area contributed by atoms with Gasteiger partial charge in [0.05, 0.1) is 12.5 Å². The molecule has 0 aromatic rings. The van der Waals surface area contributed by atoms with Crippen molar-refractivity contribution < 1.29 is 34.8 Å². The van der Waals surface area contributed by atoms with E-state index in [2.05, 4.69) is 0 Å². The summed E-state index contributed by atoms with van der Waals surface area (Å²) in [4.78, 5) is 33.1. The molecule has 5 N–H and O–H groups in total. The number of carbonyl (C=O) groups is 3. The Hall–Kier alpha value is -2.35. The van der Waals surface area contributed by atoms with Gasteiger partial charge < -0.3 is 25.7 Å². The minimum Gasteiger partial charge on any atom is -0.504 e. The van der Waals surface area contributed by atoms with Gasteiger partial charge in [-0.15, -0.1) is 0 Å². The van der Waals surface area contributed by atoms with Crippen LogP contribution in [0.15, 0.2) is 23.7 Å². The highest BCUT2D eigenvalue weighted by Crippen LogP contribution is 2.16. The zero-order valence-corrected chi connectivity index (χ0v) is 9.03. The highest BCUT2D eigenvalue weighted by Gasteiger charge is 2.28. The maximum atomic E-state index is 11.6. The predicted octanol–water partition coefficient (Wildman–Crippen LogP) is -1.37. The molecule has 0 aromatic heterocycles. The Morgan fingerprint density at radius 3 is 2.17 bits per heavy atom. The molecule has 1 rings (SSSR count). The summed E-state index contributed by atoms with van der Waals surface area (Å²) >= 11 is 0. The molecule has 0 saturated heterocycles. The van der Waals surface area contributed by atoms with E-state index in [9.17, 15) is 14.4 Å². The molecule has 1 aliphatic carbocycles. The number of carboxylic acid groups (broad SMARTS) is 1. The predicted molar refractivity (Wildman–Crippen MR) is 56.6 cm³/mol. The van der Waals surface area contributed by atoms with Crippen molar-refractivity contribution in [3.05, 3.63) is 23.7 Å². The van der Waals surface area contributed by atoms with Crippen LogP contribution in [0.1, 0.15) is 0 Å². The summed E-state index contributed by atoms with van der Waals surface area (Å²) in [5.74, 6) is -6.11. The number of aliphatic carboxylic acids is 1. The van der Waals surface area contributed by atoms with Crippen molar-refractivity contribution in [2.75, 3.05) is 6.61 Å². The summed E-state index contributed by atoms with van der Waals surface area (Å²) in [6.07, 6.45) is 1.74. The largest absolute Gasteiger partial charge is 0.504 e. The third-order valence-electron chi connectivity index (χ3n) is 2.24. The topological polar surface area (TPSA) is 144 Å². The zero-order valence-electron chi connectivity index (χ0n) is 9.03. The van der Waals surface area contributed by atoms with Crippen LogP contribution >= 0.6 is 0 Å². The number of carboxylic acids is 1. The van der Waals surface area contributed by atoms with Crippen LogP contribution in [0.2, 0.25) is 0 Å². The average Bonchev–Trinajstić information content (AvgIpc) is 2.31. The number of ketones is 1. The van der Waals surface area contributed by atoms with Gasteiger partial charge in [0.2, 0.25) is 5.91 Å². The first-order valence-electron chi connectivity index (χ1n) is 4.87. The van der Waals surface area contributed by atoms with E-state index in [4.69, 9.17) is 20.4 Å². The lowest BCUT2D eigenvalue weighted by atomic mass is 9.99. The molecule has 1 atom stereocenters. The smallest absolute Gasteiger partial charge is 0.328 e. The highest BCUT2D eigenvalue weighted by atomic mass is 16.4. The monoisotopic (exact) mass is 257 g/mol. The van der Waals surface area contributed by atoms with Crippen LogP contribution in [0, 0.1) is 5.92 Å². The normalized spacial score (nSPS) is 17.7. The van der Waals surface area contributed by atoms with E-state index in [1.54, 1.807) is 0 Å². The van der Waals surface area contributed by atoms with Crippen molar-refractivity contribution >= 4 is 17.7 Å². The van der Waals surface area contributed by atoms with Crippen LogP contribution in [0.5, 0.6) is 0 Å². The number of aliphatic hydroxyl groups is 3. The number of carbonyl (C=O) groups excluding carboxylic acids is 2. The molecule has 0 radical (unpaired) electrons. The molecule has 0 aliphatic heterocycles. The first kappa shape index (κ1) is 13.7. The summed E-state index contributed by atoms with van der Waals surface area (Å²) < 4.78 is 0. The number of aliphatic hydroxyl groups excluding tert-OH is 3. The molecule has 18 heavy (non-hydrogen) atoms. The third-order valence-corrected chi connectivity index (χ3v) is 2.24. The number of amides is 1. The molecule has 0 bridgehead atoms. The van der Waals surface area contributed by atoms with Gasteiger partial charge in [-0.2, -0.15) is 0 Å². The van der Waals surface area contributed by atoms with Gasteiger partial charge in [0.15, 0.2) is 11.5 Å². The molecule has 8 heteroatoms. The van der Waals surface area contributed by atoms with Gasteiger partial charge in [0, 0.05) is 0 Å². The molecular weight excluding hydrogens is 246 g/mol. The van der Waals surface area contributed by atoms with Crippen molar-refractivity contribution in [1.29, 1.82) is 0 Å². The summed E-state index contributed by atoms with van der Waals surface area (Å²) in [7, 11) is 0. The minimum absolute atomic E-state index is 0.800. The lowest BCUT2D eigenvalue weighted by Crippen LogP contribution is -2.45. The van der Waals surface area contributed by atoms with Gasteiger partial charge in [0.25, 0.3) is 5.78 Å². The van der Waals surface area contributed by atoms with Crippen LogP contribution in [0.25, 0.3) is 0 Å². The Labute approximate surface area is 101 Å². The van der Waals surface area contributed by atoms with Gasteiger partial charge in [0.1, 0.15) is 6.04 Å². The fourth-order valence-electron chi connectivity index (χ4n) is 1.28. The molecule has 0 saturated carbocycles. The molecule has 0 spiro atoms.